The number of hydrogen-bond donors (Lipinski definition) is 1. The van der Waals surface area contributed by atoms with E-state index in [0.29, 0.717) is 10.9 Å². The molecule has 0 fully saturated rings. The lowest BCUT2D eigenvalue weighted by Gasteiger charge is -2.10. The minimum absolute atomic E-state index is 0.0839. The highest BCUT2D eigenvalue weighted by atomic mass is 32.2. The molecule has 0 aliphatic carbocycles. The van der Waals surface area contributed by atoms with Gasteiger partial charge in [0.1, 0.15) is 0 Å². The zero-order chi connectivity index (χ0) is 13.3. The van der Waals surface area contributed by atoms with Crippen molar-refractivity contribution in [2.75, 3.05) is 6.54 Å². The van der Waals surface area contributed by atoms with Crippen molar-refractivity contribution in [1.82, 2.24) is 9.71 Å². The van der Waals surface area contributed by atoms with Crippen molar-refractivity contribution in [2.24, 2.45) is 0 Å². The van der Waals surface area contributed by atoms with Crippen molar-refractivity contribution < 1.29 is 12.8 Å². The van der Waals surface area contributed by atoms with E-state index in [-0.39, 0.29) is 16.8 Å². The topological polar surface area (TPSA) is 59.1 Å². The van der Waals surface area contributed by atoms with E-state index in [2.05, 4.69) is 9.71 Å². The first kappa shape index (κ1) is 12.9. The van der Waals surface area contributed by atoms with Crippen LogP contribution in [0.2, 0.25) is 0 Å². The minimum Gasteiger partial charge on any atom is -0.227 e. The molecule has 0 saturated carbocycles. The number of sulfonamides is 1. The second-order valence-electron chi connectivity index (χ2n) is 3.91. The maximum absolute atomic E-state index is 13.6. The van der Waals surface area contributed by atoms with Crippen molar-refractivity contribution in [3.8, 4) is 0 Å². The van der Waals surface area contributed by atoms with Crippen LogP contribution in [0.5, 0.6) is 0 Å². The van der Waals surface area contributed by atoms with Gasteiger partial charge in [-0.15, -0.1) is 0 Å². The summed E-state index contributed by atoms with van der Waals surface area (Å²) >= 11 is 0. The number of halogens is 1. The molecule has 18 heavy (non-hydrogen) atoms. The maximum atomic E-state index is 13.6. The number of nitrogens with zero attached hydrogens (tertiary/aromatic N) is 1. The molecule has 0 saturated heterocycles. The molecule has 0 aliphatic heterocycles. The number of aromatic nitrogens is 1. The molecule has 96 valence electrons. The summed E-state index contributed by atoms with van der Waals surface area (Å²) in [5, 5.41) is 0.597. The van der Waals surface area contributed by atoms with Crippen molar-refractivity contribution in [1.29, 1.82) is 0 Å². The van der Waals surface area contributed by atoms with Gasteiger partial charge in [0.15, 0.2) is 0 Å². The van der Waals surface area contributed by atoms with Crippen LogP contribution in [0.4, 0.5) is 4.39 Å². The third kappa shape index (κ3) is 2.09. The fraction of sp³-hybridized carbons (Fsp3) is 0.250. The van der Waals surface area contributed by atoms with E-state index in [0.717, 1.165) is 0 Å². The van der Waals surface area contributed by atoms with Crippen LogP contribution in [0.1, 0.15) is 12.5 Å². The first-order chi connectivity index (χ1) is 8.47. The molecule has 6 heteroatoms. The van der Waals surface area contributed by atoms with E-state index in [9.17, 15) is 12.8 Å². The minimum atomic E-state index is -3.62. The Kier molecular flexibility index (Phi) is 3.32. The van der Waals surface area contributed by atoms with Gasteiger partial charge in [0.2, 0.25) is 16.0 Å². The number of benzene rings is 1. The van der Waals surface area contributed by atoms with Crippen molar-refractivity contribution in [2.45, 2.75) is 18.7 Å². The molecule has 0 aliphatic rings. The molecule has 0 amide bonds. The van der Waals surface area contributed by atoms with Crippen LogP contribution in [0.25, 0.3) is 10.8 Å². The van der Waals surface area contributed by atoms with E-state index in [1.165, 1.54) is 24.4 Å². The zero-order valence-corrected chi connectivity index (χ0v) is 10.9. The van der Waals surface area contributed by atoms with Gasteiger partial charge in [-0.2, -0.15) is 4.39 Å². The predicted octanol–water partition coefficient (Wildman–Crippen LogP) is 1.98. The van der Waals surface area contributed by atoms with Gasteiger partial charge in [-0.3, -0.25) is 0 Å². The fourth-order valence-corrected chi connectivity index (χ4v) is 3.22. The highest BCUT2D eigenvalue weighted by molar-refractivity contribution is 7.89. The number of fused-ring (bicyclic) bond motifs is 1. The summed E-state index contributed by atoms with van der Waals surface area (Å²) < 4.78 is 40.1. The lowest BCUT2D eigenvalue weighted by atomic mass is 10.1. The van der Waals surface area contributed by atoms with Gasteiger partial charge in [-0.05, 0) is 24.6 Å². The SMILES string of the molecule is CCNS(=O)(=O)c1cccc2c(F)ncc(C)c12. The number of nitrogens with one attached hydrogen (secondary N) is 1. The lowest BCUT2D eigenvalue weighted by Crippen LogP contribution is -2.23. The van der Waals surface area contributed by atoms with Gasteiger partial charge in [-0.25, -0.2) is 18.1 Å². The summed E-state index contributed by atoms with van der Waals surface area (Å²) in [6, 6.07) is 4.50. The van der Waals surface area contributed by atoms with Gasteiger partial charge in [-0.1, -0.05) is 13.0 Å². The fourth-order valence-electron chi connectivity index (χ4n) is 1.89. The van der Waals surface area contributed by atoms with Crippen LogP contribution in [0.15, 0.2) is 29.3 Å². The summed E-state index contributed by atoms with van der Waals surface area (Å²) in [4.78, 5) is 3.68. The van der Waals surface area contributed by atoms with Crippen LogP contribution in [0, 0.1) is 12.9 Å². The second kappa shape index (κ2) is 4.62. The largest absolute Gasteiger partial charge is 0.241 e. The highest BCUT2D eigenvalue weighted by Gasteiger charge is 2.19. The van der Waals surface area contributed by atoms with Crippen LogP contribution in [-0.2, 0) is 10.0 Å². The Labute approximate surface area is 105 Å². The van der Waals surface area contributed by atoms with Crippen molar-refractivity contribution in [3.63, 3.8) is 0 Å². The van der Waals surface area contributed by atoms with Crippen LogP contribution < -0.4 is 4.72 Å². The van der Waals surface area contributed by atoms with Gasteiger partial charge in [0.05, 0.1) is 4.90 Å². The Morgan fingerprint density at radius 2 is 2.11 bits per heavy atom. The zero-order valence-electron chi connectivity index (χ0n) is 10.1. The van der Waals surface area contributed by atoms with E-state index < -0.39 is 16.0 Å². The summed E-state index contributed by atoms with van der Waals surface area (Å²) in [7, 11) is -3.62. The quantitative estimate of drug-likeness (QED) is 0.866. The Morgan fingerprint density at radius 3 is 2.78 bits per heavy atom. The average molecular weight is 268 g/mol. The molecular weight excluding hydrogens is 255 g/mol. The van der Waals surface area contributed by atoms with Gasteiger partial charge in [0, 0.05) is 23.5 Å². The number of hydrogen-bond acceptors (Lipinski definition) is 3. The van der Waals surface area contributed by atoms with E-state index in [1.807, 2.05) is 0 Å². The molecule has 2 aromatic rings. The van der Waals surface area contributed by atoms with E-state index in [4.69, 9.17) is 0 Å². The molecule has 0 radical (unpaired) electrons. The molecule has 1 heterocycles. The summed E-state index contributed by atoms with van der Waals surface area (Å²) in [6.45, 7) is 3.68. The molecular formula is C12H13FN2O2S. The van der Waals surface area contributed by atoms with Gasteiger partial charge < -0.3 is 0 Å². The number of aryl methyl sites for hydroxylation is 1. The number of rotatable bonds is 3. The molecule has 0 unspecified atom stereocenters. The molecule has 0 bridgehead atoms. The van der Waals surface area contributed by atoms with E-state index in [1.54, 1.807) is 13.8 Å². The van der Waals surface area contributed by atoms with Crippen LogP contribution in [-0.4, -0.2) is 19.9 Å². The molecule has 0 atom stereocenters. The smallest absolute Gasteiger partial charge is 0.227 e. The highest BCUT2D eigenvalue weighted by Crippen LogP contribution is 2.26. The molecule has 2 rings (SSSR count). The normalized spacial score (nSPS) is 11.9. The molecule has 0 spiro atoms. The molecule has 1 aromatic heterocycles. The first-order valence-corrected chi connectivity index (χ1v) is 6.99. The Morgan fingerprint density at radius 1 is 1.39 bits per heavy atom. The summed E-state index contributed by atoms with van der Waals surface area (Å²) in [5.74, 6) is -0.663. The molecule has 1 aromatic carbocycles. The third-order valence-corrected chi connectivity index (χ3v) is 4.23. The predicted molar refractivity (Wildman–Crippen MR) is 67.3 cm³/mol. The van der Waals surface area contributed by atoms with E-state index >= 15 is 0 Å². The maximum Gasteiger partial charge on any atom is 0.241 e. The summed E-state index contributed by atoms with van der Waals surface area (Å²) in [6.07, 6.45) is 1.34. The Bertz CT molecular complexity index is 699. The van der Waals surface area contributed by atoms with Crippen molar-refractivity contribution in [3.05, 3.63) is 35.9 Å². The standard InChI is InChI=1S/C12H13FN2O2S/c1-3-15-18(16,17)10-6-4-5-9-11(10)8(2)7-14-12(9)13/h4-7,15H,3H2,1-2H3. The van der Waals surface area contributed by atoms with Crippen LogP contribution >= 0.6 is 0 Å². The monoisotopic (exact) mass is 268 g/mol. The summed E-state index contributed by atoms with van der Waals surface area (Å²) in [5.41, 5.74) is 0.628. The molecule has 4 nitrogen and oxygen atoms in total. The van der Waals surface area contributed by atoms with Crippen LogP contribution in [0.3, 0.4) is 0 Å². The third-order valence-electron chi connectivity index (χ3n) is 2.64. The first-order valence-electron chi connectivity index (χ1n) is 5.51. The Hall–Kier alpha value is -1.53. The van der Waals surface area contributed by atoms with Gasteiger partial charge in [0.25, 0.3) is 0 Å². The average Bonchev–Trinajstić information content (AvgIpc) is 2.33. The number of pyridine rings is 1. The van der Waals surface area contributed by atoms with Crippen molar-refractivity contribution >= 4 is 20.8 Å². The lowest BCUT2D eigenvalue weighted by molar-refractivity contribution is 0.584. The second-order valence-corrected chi connectivity index (χ2v) is 5.65. The Balaban J connectivity index is 2.85. The van der Waals surface area contributed by atoms with Gasteiger partial charge >= 0.3 is 0 Å². The molecule has 1 N–H and O–H groups in total.